The molecule has 0 saturated carbocycles. The van der Waals surface area contributed by atoms with Crippen molar-refractivity contribution in [1.29, 1.82) is 0 Å². The van der Waals surface area contributed by atoms with E-state index in [2.05, 4.69) is 20.7 Å². The molecule has 0 aliphatic carbocycles. The van der Waals surface area contributed by atoms with Gasteiger partial charge in [0.1, 0.15) is 0 Å². The fourth-order valence-corrected chi connectivity index (χ4v) is 2.69. The first kappa shape index (κ1) is 11.7. The van der Waals surface area contributed by atoms with Gasteiger partial charge < -0.3 is 11.1 Å². The summed E-state index contributed by atoms with van der Waals surface area (Å²) in [4.78, 5) is 9.76. The van der Waals surface area contributed by atoms with Crippen LogP contribution in [0.2, 0.25) is 0 Å². The lowest BCUT2D eigenvalue weighted by molar-refractivity contribution is 0.686. The first-order valence-corrected chi connectivity index (χ1v) is 6.86. The minimum absolute atomic E-state index is 0.668. The fourth-order valence-electron chi connectivity index (χ4n) is 1.31. The molecule has 0 aromatic carbocycles. The zero-order valence-corrected chi connectivity index (χ0v) is 10.5. The molecule has 0 spiro atoms. The SMILES string of the molecule is NCCc1nc(CNCc2cncs2)cs1. The highest BCUT2D eigenvalue weighted by Crippen LogP contribution is 2.10. The third-order valence-corrected chi connectivity index (χ3v) is 3.78. The van der Waals surface area contributed by atoms with Gasteiger partial charge in [0.15, 0.2) is 0 Å². The van der Waals surface area contributed by atoms with Crippen molar-refractivity contribution in [3.63, 3.8) is 0 Å². The molecule has 0 unspecified atom stereocenters. The fraction of sp³-hybridized carbons (Fsp3) is 0.400. The molecule has 4 nitrogen and oxygen atoms in total. The molecule has 3 N–H and O–H groups in total. The summed E-state index contributed by atoms with van der Waals surface area (Å²) in [6, 6.07) is 0. The van der Waals surface area contributed by atoms with Crippen molar-refractivity contribution in [2.75, 3.05) is 6.54 Å². The summed E-state index contributed by atoms with van der Waals surface area (Å²) in [6.07, 6.45) is 2.76. The summed E-state index contributed by atoms with van der Waals surface area (Å²) in [5.74, 6) is 0. The average molecular weight is 254 g/mol. The highest BCUT2D eigenvalue weighted by Gasteiger charge is 2.01. The predicted molar refractivity (Wildman–Crippen MR) is 67.5 cm³/mol. The normalized spacial score (nSPS) is 10.8. The first-order chi connectivity index (χ1) is 7.88. The predicted octanol–water partition coefficient (Wildman–Crippen LogP) is 1.39. The van der Waals surface area contributed by atoms with Gasteiger partial charge >= 0.3 is 0 Å². The Hall–Kier alpha value is -0.820. The number of rotatable bonds is 6. The summed E-state index contributed by atoms with van der Waals surface area (Å²) in [6.45, 7) is 2.33. The van der Waals surface area contributed by atoms with Crippen LogP contribution in [-0.4, -0.2) is 16.5 Å². The van der Waals surface area contributed by atoms with Crippen molar-refractivity contribution in [1.82, 2.24) is 15.3 Å². The number of aromatic nitrogens is 2. The standard InChI is InChI=1S/C10H14N4S2/c11-2-1-10-14-8(6-15-10)3-12-4-9-5-13-7-16-9/h5-7,12H,1-4,11H2. The number of nitrogens with zero attached hydrogens (tertiary/aromatic N) is 2. The Morgan fingerprint density at radius 3 is 3.00 bits per heavy atom. The van der Waals surface area contributed by atoms with Gasteiger partial charge in [-0.2, -0.15) is 0 Å². The van der Waals surface area contributed by atoms with Crippen LogP contribution in [0.5, 0.6) is 0 Å². The van der Waals surface area contributed by atoms with E-state index in [9.17, 15) is 0 Å². The third-order valence-electron chi connectivity index (χ3n) is 2.05. The van der Waals surface area contributed by atoms with E-state index in [4.69, 9.17) is 5.73 Å². The molecule has 2 heterocycles. The minimum Gasteiger partial charge on any atom is -0.330 e. The summed E-state index contributed by atoms with van der Waals surface area (Å²) >= 11 is 3.34. The lowest BCUT2D eigenvalue weighted by atomic mass is 10.4. The molecule has 16 heavy (non-hydrogen) atoms. The van der Waals surface area contributed by atoms with Gasteiger partial charge in [0.05, 0.1) is 16.2 Å². The van der Waals surface area contributed by atoms with E-state index in [-0.39, 0.29) is 0 Å². The van der Waals surface area contributed by atoms with Gasteiger partial charge in [0.25, 0.3) is 0 Å². The maximum atomic E-state index is 5.48. The Kier molecular flexibility index (Phi) is 4.41. The van der Waals surface area contributed by atoms with Crippen LogP contribution in [0.4, 0.5) is 0 Å². The molecule has 0 aliphatic heterocycles. The van der Waals surface area contributed by atoms with Crippen LogP contribution in [0.3, 0.4) is 0 Å². The molecule has 0 amide bonds. The van der Waals surface area contributed by atoms with Gasteiger partial charge in [-0.1, -0.05) is 0 Å². The van der Waals surface area contributed by atoms with Gasteiger partial charge in [0.2, 0.25) is 0 Å². The summed E-state index contributed by atoms with van der Waals surface area (Å²) < 4.78 is 0. The van der Waals surface area contributed by atoms with Crippen molar-refractivity contribution < 1.29 is 0 Å². The Labute approximate surface area is 103 Å². The molecule has 0 saturated heterocycles. The average Bonchev–Trinajstić information content (AvgIpc) is 2.90. The Morgan fingerprint density at radius 1 is 1.31 bits per heavy atom. The molecule has 86 valence electrons. The van der Waals surface area contributed by atoms with Crippen molar-refractivity contribution in [2.24, 2.45) is 5.73 Å². The highest BCUT2D eigenvalue weighted by molar-refractivity contribution is 7.09. The van der Waals surface area contributed by atoms with E-state index >= 15 is 0 Å². The van der Waals surface area contributed by atoms with E-state index in [1.165, 1.54) is 4.88 Å². The van der Waals surface area contributed by atoms with Crippen LogP contribution in [-0.2, 0) is 19.5 Å². The van der Waals surface area contributed by atoms with E-state index in [0.29, 0.717) is 6.54 Å². The Morgan fingerprint density at radius 2 is 2.25 bits per heavy atom. The molecule has 0 atom stereocenters. The van der Waals surface area contributed by atoms with E-state index in [1.807, 2.05) is 11.7 Å². The quantitative estimate of drug-likeness (QED) is 0.817. The molecule has 0 aliphatic rings. The maximum Gasteiger partial charge on any atom is 0.0941 e. The molecular formula is C10H14N4S2. The number of nitrogens with two attached hydrogens (primary N) is 1. The number of thiazole rings is 2. The van der Waals surface area contributed by atoms with E-state index < -0.39 is 0 Å². The van der Waals surface area contributed by atoms with Gasteiger partial charge in [-0.05, 0) is 6.54 Å². The van der Waals surface area contributed by atoms with Gasteiger partial charge in [0, 0.05) is 36.0 Å². The van der Waals surface area contributed by atoms with E-state index in [1.54, 1.807) is 22.7 Å². The Bertz CT molecular complexity index is 410. The summed E-state index contributed by atoms with van der Waals surface area (Å²) in [5, 5.41) is 6.55. The van der Waals surface area contributed by atoms with Crippen LogP contribution in [0, 0.1) is 0 Å². The zero-order valence-electron chi connectivity index (χ0n) is 8.85. The van der Waals surface area contributed by atoms with Crippen molar-refractivity contribution in [3.8, 4) is 0 Å². The van der Waals surface area contributed by atoms with Crippen LogP contribution >= 0.6 is 22.7 Å². The molecule has 2 rings (SSSR count). The lowest BCUT2D eigenvalue weighted by Crippen LogP contribution is -2.12. The summed E-state index contributed by atoms with van der Waals surface area (Å²) in [7, 11) is 0. The van der Waals surface area contributed by atoms with Crippen molar-refractivity contribution in [2.45, 2.75) is 19.5 Å². The van der Waals surface area contributed by atoms with E-state index in [0.717, 1.165) is 30.2 Å². The maximum absolute atomic E-state index is 5.48. The van der Waals surface area contributed by atoms with Crippen LogP contribution in [0.25, 0.3) is 0 Å². The number of hydrogen-bond acceptors (Lipinski definition) is 6. The van der Waals surface area contributed by atoms with Gasteiger partial charge in [-0.15, -0.1) is 22.7 Å². The smallest absolute Gasteiger partial charge is 0.0941 e. The Balaban J connectivity index is 1.76. The molecule has 0 bridgehead atoms. The second-order valence-electron chi connectivity index (χ2n) is 3.34. The molecule has 6 heteroatoms. The summed E-state index contributed by atoms with van der Waals surface area (Å²) in [5.41, 5.74) is 8.42. The first-order valence-electron chi connectivity index (χ1n) is 5.10. The second kappa shape index (κ2) is 6.05. The van der Waals surface area contributed by atoms with Gasteiger partial charge in [-0.25, -0.2) is 4.98 Å². The topological polar surface area (TPSA) is 63.8 Å². The second-order valence-corrected chi connectivity index (χ2v) is 5.26. The molecule has 2 aromatic rings. The molecule has 0 fully saturated rings. The monoisotopic (exact) mass is 254 g/mol. The molecular weight excluding hydrogens is 240 g/mol. The zero-order chi connectivity index (χ0) is 11.2. The highest BCUT2D eigenvalue weighted by atomic mass is 32.1. The number of hydrogen-bond donors (Lipinski definition) is 2. The van der Waals surface area contributed by atoms with Gasteiger partial charge in [-0.3, -0.25) is 4.98 Å². The minimum atomic E-state index is 0.668. The number of nitrogens with one attached hydrogen (secondary N) is 1. The third kappa shape index (κ3) is 3.34. The lowest BCUT2D eigenvalue weighted by Gasteiger charge is -1.98. The van der Waals surface area contributed by atoms with Crippen LogP contribution in [0.1, 0.15) is 15.6 Å². The largest absolute Gasteiger partial charge is 0.330 e. The van der Waals surface area contributed by atoms with Crippen molar-refractivity contribution >= 4 is 22.7 Å². The van der Waals surface area contributed by atoms with Crippen molar-refractivity contribution in [3.05, 3.63) is 32.7 Å². The molecule has 2 aromatic heterocycles. The van der Waals surface area contributed by atoms with Crippen LogP contribution < -0.4 is 11.1 Å². The molecule has 0 radical (unpaired) electrons. The van der Waals surface area contributed by atoms with Crippen LogP contribution in [0.15, 0.2) is 17.1 Å².